The molecule has 0 saturated carbocycles. The molecular formula is C12H22N2O2S. The minimum Gasteiger partial charge on any atom is -0.394 e. The Kier molecular flexibility index (Phi) is 4.70. The van der Waals surface area contributed by atoms with Crippen molar-refractivity contribution in [3.63, 3.8) is 0 Å². The molecule has 2 aliphatic rings. The van der Waals surface area contributed by atoms with E-state index in [0.29, 0.717) is 18.4 Å². The second-order valence-electron chi connectivity index (χ2n) is 5.03. The summed E-state index contributed by atoms with van der Waals surface area (Å²) < 4.78 is 0. The molecule has 2 heterocycles. The van der Waals surface area contributed by atoms with Crippen LogP contribution in [0.5, 0.6) is 0 Å². The van der Waals surface area contributed by atoms with Crippen molar-refractivity contribution in [2.45, 2.75) is 31.8 Å². The molecule has 98 valence electrons. The maximum absolute atomic E-state index is 12.2. The molecule has 2 aliphatic heterocycles. The third-order valence-electron chi connectivity index (χ3n) is 3.81. The Morgan fingerprint density at radius 2 is 2.41 bits per heavy atom. The molecule has 2 fully saturated rings. The predicted octanol–water partition coefficient (Wildman–Crippen LogP) is 0.311. The number of thioether (sulfide) groups is 1. The van der Waals surface area contributed by atoms with Crippen molar-refractivity contribution in [1.82, 2.24) is 10.2 Å². The summed E-state index contributed by atoms with van der Waals surface area (Å²) in [5.74, 6) is 2.80. The van der Waals surface area contributed by atoms with Gasteiger partial charge in [0, 0.05) is 37.1 Å². The monoisotopic (exact) mass is 258 g/mol. The Morgan fingerprint density at radius 1 is 1.59 bits per heavy atom. The van der Waals surface area contributed by atoms with Crippen LogP contribution in [0.15, 0.2) is 0 Å². The maximum Gasteiger partial charge on any atom is 0.224 e. The lowest BCUT2D eigenvalue weighted by molar-refractivity contribution is -0.133. The standard InChI is InChI=1S/C12H22N2O2S/c1-9-2-4-14(11(9)7-15)12(16)6-10-8-17-5-3-13-10/h9-11,13,15H,2-8H2,1H3. The first-order chi connectivity index (χ1) is 8.22. The third kappa shape index (κ3) is 3.14. The largest absolute Gasteiger partial charge is 0.394 e. The van der Waals surface area contributed by atoms with Gasteiger partial charge in [-0.1, -0.05) is 6.92 Å². The zero-order valence-electron chi connectivity index (χ0n) is 10.4. The molecule has 0 aromatic heterocycles. The van der Waals surface area contributed by atoms with Gasteiger partial charge in [0.1, 0.15) is 0 Å². The summed E-state index contributed by atoms with van der Waals surface area (Å²) in [5.41, 5.74) is 0. The molecule has 2 saturated heterocycles. The van der Waals surface area contributed by atoms with Gasteiger partial charge in [0.2, 0.25) is 5.91 Å². The highest BCUT2D eigenvalue weighted by Gasteiger charge is 2.34. The highest BCUT2D eigenvalue weighted by Crippen LogP contribution is 2.24. The molecule has 0 bridgehead atoms. The first-order valence-electron chi connectivity index (χ1n) is 6.44. The van der Waals surface area contributed by atoms with Crippen LogP contribution in [0.1, 0.15) is 19.8 Å². The number of amides is 1. The van der Waals surface area contributed by atoms with Crippen molar-refractivity contribution in [1.29, 1.82) is 0 Å². The van der Waals surface area contributed by atoms with Crippen LogP contribution in [0.3, 0.4) is 0 Å². The van der Waals surface area contributed by atoms with E-state index < -0.39 is 0 Å². The highest BCUT2D eigenvalue weighted by atomic mass is 32.2. The minimum atomic E-state index is 0.0405. The molecule has 0 radical (unpaired) electrons. The van der Waals surface area contributed by atoms with Gasteiger partial charge in [-0.15, -0.1) is 0 Å². The van der Waals surface area contributed by atoms with Gasteiger partial charge in [0.05, 0.1) is 12.6 Å². The fourth-order valence-electron chi connectivity index (χ4n) is 2.68. The lowest BCUT2D eigenvalue weighted by Crippen LogP contribution is -2.45. The normalized spacial score (nSPS) is 34.0. The van der Waals surface area contributed by atoms with Gasteiger partial charge in [-0.3, -0.25) is 4.79 Å². The van der Waals surface area contributed by atoms with E-state index >= 15 is 0 Å². The van der Waals surface area contributed by atoms with Crippen LogP contribution in [0.4, 0.5) is 0 Å². The van der Waals surface area contributed by atoms with E-state index in [-0.39, 0.29) is 18.6 Å². The molecule has 3 unspecified atom stereocenters. The van der Waals surface area contributed by atoms with Crippen molar-refractivity contribution >= 4 is 17.7 Å². The number of nitrogens with zero attached hydrogens (tertiary/aromatic N) is 1. The lowest BCUT2D eigenvalue weighted by Gasteiger charge is -2.29. The molecule has 5 heteroatoms. The van der Waals surface area contributed by atoms with Crippen molar-refractivity contribution in [3.05, 3.63) is 0 Å². The number of aliphatic hydroxyl groups is 1. The summed E-state index contributed by atoms with van der Waals surface area (Å²) in [6.07, 6.45) is 1.60. The number of carbonyl (C=O) groups excluding carboxylic acids is 1. The molecule has 2 rings (SSSR count). The van der Waals surface area contributed by atoms with E-state index in [1.54, 1.807) is 0 Å². The van der Waals surface area contributed by atoms with Crippen LogP contribution < -0.4 is 5.32 Å². The van der Waals surface area contributed by atoms with Crippen molar-refractivity contribution in [3.8, 4) is 0 Å². The summed E-state index contributed by atoms with van der Waals surface area (Å²) >= 11 is 1.91. The van der Waals surface area contributed by atoms with E-state index in [2.05, 4.69) is 12.2 Å². The van der Waals surface area contributed by atoms with Crippen LogP contribution in [0.25, 0.3) is 0 Å². The Morgan fingerprint density at radius 3 is 3.06 bits per heavy atom. The molecular weight excluding hydrogens is 236 g/mol. The Labute approximate surface area is 107 Å². The fraction of sp³-hybridized carbons (Fsp3) is 0.917. The third-order valence-corrected chi connectivity index (χ3v) is 4.94. The van der Waals surface area contributed by atoms with E-state index in [9.17, 15) is 9.90 Å². The van der Waals surface area contributed by atoms with Gasteiger partial charge < -0.3 is 15.3 Å². The van der Waals surface area contributed by atoms with Crippen LogP contribution in [0, 0.1) is 5.92 Å². The molecule has 0 spiro atoms. The first-order valence-corrected chi connectivity index (χ1v) is 7.59. The van der Waals surface area contributed by atoms with E-state index in [0.717, 1.165) is 31.0 Å². The van der Waals surface area contributed by atoms with E-state index in [1.807, 2.05) is 16.7 Å². The van der Waals surface area contributed by atoms with Crippen molar-refractivity contribution in [2.24, 2.45) is 5.92 Å². The molecule has 0 aromatic carbocycles. The first kappa shape index (κ1) is 13.2. The molecule has 0 aliphatic carbocycles. The summed E-state index contributed by atoms with van der Waals surface area (Å²) in [4.78, 5) is 14.1. The number of aliphatic hydroxyl groups excluding tert-OH is 1. The number of carbonyl (C=O) groups is 1. The maximum atomic E-state index is 12.2. The number of likely N-dealkylation sites (tertiary alicyclic amines) is 1. The highest BCUT2D eigenvalue weighted by molar-refractivity contribution is 7.99. The molecule has 0 aromatic rings. The Balaban J connectivity index is 1.86. The van der Waals surface area contributed by atoms with Gasteiger partial charge >= 0.3 is 0 Å². The van der Waals surface area contributed by atoms with Crippen LogP contribution in [0.2, 0.25) is 0 Å². The molecule has 3 atom stereocenters. The number of rotatable bonds is 3. The summed E-state index contributed by atoms with van der Waals surface area (Å²) in [6, 6.07) is 0.357. The smallest absolute Gasteiger partial charge is 0.224 e. The second-order valence-corrected chi connectivity index (χ2v) is 6.18. The Hall–Kier alpha value is -0.260. The van der Waals surface area contributed by atoms with Crippen molar-refractivity contribution < 1.29 is 9.90 Å². The predicted molar refractivity (Wildman–Crippen MR) is 70.1 cm³/mol. The number of nitrogens with one attached hydrogen (secondary N) is 1. The van der Waals surface area contributed by atoms with E-state index in [1.165, 1.54) is 0 Å². The van der Waals surface area contributed by atoms with Crippen LogP contribution >= 0.6 is 11.8 Å². The fourth-order valence-corrected chi connectivity index (χ4v) is 3.62. The summed E-state index contributed by atoms with van der Waals surface area (Å²) in [5, 5.41) is 12.7. The van der Waals surface area contributed by atoms with Gasteiger partial charge in [-0.2, -0.15) is 11.8 Å². The SMILES string of the molecule is CC1CCN(C(=O)CC2CSCCN2)C1CO. The number of hydrogen-bond acceptors (Lipinski definition) is 4. The second kappa shape index (κ2) is 6.07. The van der Waals surface area contributed by atoms with Gasteiger partial charge in [-0.25, -0.2) is 0 Å². The summed E-state index contributed by atoms with van der Waals surface area (Å²) in [7, 11) is 0. The van der Waals surface area contributed by atoms with Crippen LogP contribution in [-0.2, 0) is 4.79 Å². The van der Waals surface area contributed by atoms with Gasteiger partial charge in [0.15, 0.2) is 0 Å². The molecule has 2 N–H and O–H groups in total. The summed E-state index contributed by atoms with van der Waals surface area (Å²) in [6.45, 7) is 4.02. The molecule has 1 amide bonds. The van der Waals surface area contributed by atoms with Gasteiger partial charge in [0.25, 0.3) is 0 Å². The minimum absolute atomic E-state index is 0.0405. The van der Waals surface area contributed by atoms with E-state index in [4.69, 9.17) is 0 Å². The average molecular weight is 258 g/mol. The van der Waals surface area contributed by atoms with Gasteiger partial charge in [-0.05, 0) is 12.3 Å². The van der Waals surface area contributed by atoms with Crippen molar-refractivity contribution in [2.75, 3.05) is 31.2 Å². The number of hydrogen-bond donors (Lipinski definition) is 2. The Bertz CT molecular complexity index is 269. The molecule has 4 nitrogen and oxygen atoms in total. The lowest BCUT2D eigenvalue weighted by atomic mass is 10.0. The van der Waals surface area contributed by atoms with Crippen LogP contribution in [-0.4, -0.2) is 59.2 Å². The zero-order chi connectivity index (χ0) is 12.3. The molecule has 17 heavy (non-hydrogen) atoms. The topological polar surface area (TPSA) is 52.6 Å². The quantitative estimate of drug-likeness (QED) is 0.765. The average Bonchev–Trinajstić information content (AvgIpc) is 2.71. The zero-order valence-corrected chi connectivity index (χ0v) is 11.2.